The number of hydrogen-bond donors (Lipinski definition) is 7. The van der Waals surface area contributed by atoms with Crippen LogP contribution in [0.5, 0.6) is 17.2 Å². The van der Waals surface area contributed by atoms with Crippen LogP contribution in [0.2, 0.25) is 0 Å². The van der Waals surface area contributed by atoms with Crippen molar-refractivity contribution < 1.29 is 59.7 Å². The van der Waals surface area contributed by atoms with Crippen LogP contribution in [0.1, 0.15) is 90.7 Å². The van der Waals surface area contributed by atoms with Crippen molar-refractivity contribution in [1.82, 2.24) is 0 Å². The summed E-state index contributed by atoms with van der Waals surface area (Å²) in [6.45, 7) is 14.2. The smallest absolute Gasteiger partial charge is 0.183 e. The standard InChI is InChI=1S/C36H44O12/c1-13(2)23(37)20-27(41)16(11-18-29(43)21(24(38)14(3)4)33(47)35(7,8)31(18)45)26(40)17(28(20)42)12-19-30(44)22(25(39)15(5)6)34(48)36(9,10)32(19)46/h13-15,40-46H,11-12H2,1-10H3. The highest BCUT2D eigenvalue weighted by molar-refractivity contribution is 6.25. The van der Waals surface area contributed by atoms with Gasteiger partial charge in [-0.05, 0) is 27.7 Å². The summed E-state index contributed by atoms with van der Waals surface area (Å²) in [5, 5.41) is 79.0. The minimum atomic E-state index is -1.73. The number of benzene rings is 1. The fourth-order valence-corrected chi connectivity index (χ4v) is 5.74. The van der Waals surface area contributed by atoms with E-state index < -0.39 is 150 Å². The molecule has 0 spiro atoms. The van der Waals surface area contributed by atoms with Gasteiger partial charge in [0.2, 0.25) is 0 Å². The number of Topliss-reactive ketones (excluding diaryl/α,β-unsaturated/α-hetero) is 5. The molecule has 1 aromatic carbocycles. The van der Waals surface area contributed by atoms with Crippen LogP contribution >= 0.6 is 0 Å². The molecule has 2 aliphatic rings. The van der Waals surface area contributed by atoms with Gasteiger partial charge in [0.05, 0.1) is 10.8 Å². The Bertz CT molecular complexity index is 1670. The van der Waals surface area contributed by atoms with Gasteiger partial charge in [0.1, 0.15) is 57.0 Å². The molecule has 0 bridgehead atoms. The highest BCUT2D eigenvalue weighted by atomic mass is 16.3. The van der Waals surface area contributed by atoms with Gasteiger partial charge in [-0.1, -0.05) is 41.5 Å². The molecule has 2 aliphatic carbocycles. The third-order valence-corrected chi connectivity index (χ3v) is 9.03. The SMILES string of the molecule is CC(C)C(=O)C1=C(O)C(Cc2c(O)c(CC3=C(O)C(C)(C)C(=O)C(C(=O)C(C)C)=C3O)c(O)c(C(=O)C(C)C)c2O)=C(O)C(C)(C)C1=O. The number of hydrogen-bond acceptors (Lipinski definition) is 12. The fraction of sp³-hybridized carbons (Fsp3) is 0.472. The van der Waals surface area contributed by atoms with Gasteiger partial charge in [-0.3, -0.25) is 24.0 Å². The maximum Gasteiger partial charge on any atom is 0.183 e. The largest absolute Gasteiger partial charge is 0.511 e. The van der Waals surface area contributed by atoms with E-state index in [1.54, 1.807) is 0 Å². The van der Waals surface area contributed by atoms with E-state index in [-0.39, 0.29) is 0 Å². The Kier molecular flexibility index (Phi) is 9.89. The normalized spacial score (nSPS) is 18.2. The van der Waals surface area contributed by atoms with Crippen molar-refractivity contribution >= 4 is 28.9 Å². The first-order valence-electron chi connectivity index (χ1n) is 15.6. The summed E-state index contributed by atoms with van der Waals surface area (Å²) in [6, 6.07) is 0. The molecule has 0 amide bonds. The molecule has 0 aromatic heterocycles. The number of phenols is 3. The lowest BCUT2D eigenvalue weighted by atomic mass is 9.71. The van der Waals surface area contributed by atoms with Crippen molar-refractivity contribution in [3.05, 3.63) is 62.0 Å². The topological polar surface area (TPSA) is 227 Å². The number of aliphatic hydroxyl groups excluding tert-OH is 4. The quantitative estimate of drug-likeness (QED) is 0.119. The predicted molar refractivity (Wildman–Crippen MR) is 174 cm³/mol. The number of carbonyl (C=O) groups excluding carboxylic acids is 5. The van der Waals surface area contributed by atoms with E-state index in [1.807, 2.05) is 0 Å². The molecule has 0 unspecified atom stereocenters. The highest BCUT2D eigenvalue weighted by Gasteiger charge is 2.48. The molecule has 0 fully saturated rings. The summed E-state index contributed by atoms with van der Waals surface area (Å²) in [4.78, 5) is 65.8. The van der Waals surface area contributed by atoms with E-state index in [0.717, 1.165) is 0 Å². The number of phenolic OH excluding ortho intramolecular Hbond substituents is 3. The van der Waals surface area contributed by atoms with E-state index in [2.05, 4.69) is 0 Å². The fourth-order valence-electron chi connectivity index (χ4n) is 5.74. The van der Waals surface area contributed by atoms with Crippen molar-refractivity contribution in [2.45, 2.75) is 82.1 Å². The van der Waals surface area contributed by atoms with E-state index in [0.29, 0.717) is 0 Å². The molecule has 48 heavy (non-hydrogen) atoms. The Morgan fingerprint density at radius 1 is 0.521 bits per heavy atom. The minimum absolute atomic E-state index is 0.423. The third kappa shape index (κ3) is 5.77. The lowest BCUT2D eigenvalue weighted by Gasteiger charge is -2.32. The van der Waals surface area contributed by atoms with E-state index in [1.165, 1.54) is 69.2 Å². The second kappa shape index (κ2) is 12.6. The van der Waals surface area contributed by atoms with E-state index >= 15 is 0 Å². The maximum absolute atomic E-state index is 13.3. The van der Waals surface area contributed by atoms with Crippen molar-refractivity contribution in [2.75, 3.05) is 0 Å². The predicted octanol–water partition coefficient (Wildman–Crippen LogP) is 5.64. The lowest BCUT2D eigenvalue weighted by molar-refractivity contribution is -0.129. The zero-order valence-corrected chi connectivity index (χ0v) is 28.8. The van der Waals surface area contributed by atoms with Crippen LogP contribution in [-0.4, -0.2) is 64.7 Å². The second-order valence-corrected chi connectivity index (χ2v) is 14.3. The molecule has 1 aromatic rings. The molecule has 0 heterocycles. The molecule has 0 radical (unpaired) electrons. The van der Waals surface area contributed by atoms with Crippen LogP contribution in [0.4, 0.5) is 0 Å². The van der Waals surface area contributed by atoms with Crippen molar-refractivity contribution in [3.63, 3.8) is 0 Å². The first kappa shape index (κ1) is 37.6. The Hall–Kier alpha value is -4.87. The summed E-state index contributed by atoms with van der Waals surface area (Å²) in [7, 11) is 0. The Labute approximate surface area is 278 Å². The molecule has 7 N–H and O–H groups in total. The van der Waals surface area contributed by atoms with Gasteiger partial charge in [0.25, 0.3) is 0 Å². The van der Waals surface area contributed by atoms with Gasteiger partial charge in [0, 0.05) is 52.9 Å². The molecular formula is C36H44O12. The number of allylic oxidation sites excluding steroid dienone is 6. The van der Waals surface area contributed by atoms with E-state index in [4.69, 9.17) is 0 Å². The molecule has 12 heteroatoms. The van der Waals surface area contributed by atoms with Gasteiger partial charge in [0.15, 0.2) is 28.9 Å². The molecule has 3 rings (SSSR count). The maximum atomic E-state index is 13.3. The number of carbonyl (C=O) groups is 5. The van der Waals surface area contributed by atoms with E-state index in [9.17, 15) is 59.7 Å². The van der Waals surface area contributed by atoms with Crippen LogP contribution in [0, 0.1) is 28.6 Å². The Balaban J connectivity index is 2.43. The monoisotopic (exact) mass is 668 g/mol. The molecule has 0 saturated carbocycles. The number of aromatic hydroxyl groups is 3. The number of ketones is 5. The first-order valence-corrected chi connectivity index (χ1v) is 15.6. The Morgan fingerprint density at radius 3 is 1.08 bits per heavy atom. The molecule has 0 atom stereocenters. The minimum Gasteiger partial charge on any atom is -0.511 e. The Morgan fingerprint density at radius 2 is 0.812 bits per heavy atom. The number of aliphatic hydroxyl groups is 4. The van der Waals surface area contributed by atoms with Crippen molar-refractivity contribution in [3.8, 4) is 17.2 Å². The average molecular weight is 669 g/mol. The van der Waals surface area contributed by atoms with Crippen LogP contribution in [0.3, 0.4) is 0 Å². The van der Waals surface area contributed by atoms with Gasteiger partial charge >= 0.3 is 0 Å². The van der Waals surface area contributed by atoms with Gasteiger partial charge in [-0.25, -0.2) is 0 Å². The summed E-state index contributed by atoms with van der Waals surface area (Å²) >= 11 is 0. The van der Waals surface area contributed by atoms with Crippen molar-refractivity contribution in [1.29, 1.82) is 0 Å². The van der Waals surface area contributed by atoms with Gasteiger partial charge in [-0.2, -0.15) is 0 Å². The summed E-state index contributed by atoms with van der Waals surface area (Å²) in [6.07, 6.45) is -1.53. The number of rotatable bonds is 10. The molecule has 12 nitrogen and oxygen atoms in total. The average Bonchev–Trinajstić information content (AvgIpc) is 2.98. The molecule has 260 valence electrons. The van der Waals surface area contributed by atoms with Crippen LogP contribution in [0.25, 0.3) is 0 Å². The van der Waals surface area contributed by atoms with Gasteiger partial charge in [-0.15, -0.1) is 0 Å². The zero-order valence-electron chi connectivity index (χ0n) is 28.8. The zero-order chi connectivity index (χ0) is 37.1. The van der Waals surface area contributed by atoms with Crippen LogP contribution < -0.4 is 0 Å². The molecular weight excluding hydrogens is 624 g/mol. The summed E-state index contributed by atoms with van der Waals surface area (Å²) < 4.78 is 0. The molecule has 0 saturated heterocycles. The van der Waals surface area contributed by atoms with Crippen LogP contribution in [0.15, 0.2) is 45.3 Å². The molecule has 0 aliphatic heterocycles. The summed E-state index contributed by atoms with van der Waals surface area (Å²) in [5.74, 6) is -12.2. The van der Waals surface area contributed by atoms with Crippen molar-refractivity contribution in [2.24, 2.45) is 28.6 Å². The lowest BCUT2D eigenvalue weighted by Crippen LogP contribution is -2.38. The first-order chi connectivity index (χ1) is 21.8. The second-order valence-electron chi connectivity index (χ2n) is 14.3. The van der Waals surface area contributed by atoms with Crippen LogP contribution in [-0.2, 0) is 32.0 Å². The third-order valence-electron chi connectivity index (χ3n) is 9.03. The van der Waals surface area contributed by atoms with Gasteiger partial charge < -0.3 is 35.7 Å². The highest BCUT2D eigenvalue weighted by Crippen LogP contribution is 2.49. The summed E-state index contributed by atoms with van der Waals surface area (Å²) in [5.41, 5.74) is -7.20.